The van der Waals surface area contributed by atoms with Crippen LogP contribution < -0.4 is 5.32 Å². The van der Waals surface area contributed by atoms with Crippen molar-refractivity contribution in [1.82, 2.24) is 10.2 Å². The van der Waals surface area contributed by atoms with Crippen molar-refractivity contribution < 1.29 is 0 Å². The highest BCUT2D eigenvalue weighted by molar-refractivity contribution is 4.89. The molecule has 0 aromatic rings. The van der Waals surface area contributed by atoms with E-state index in [1.807, 2.05) is 0 Å². The van der Waals surface area contributed by atoms with Gasteiger partial charge in [-0.05, 0) is 19.9 Å². The van der Waals surface area contributed by atoms with Crippen LogP contribution in [0.3, 0.4) is 0 Å². The minimum absolute atomic E-state index is 0.797. The summed E-state index contributed by atoms with van der Waals surface area (Å²) in [6.07, 6.45) is 7.13. The van der Waals surface area contributed by atoms with Crippen LogP contribution in [-0.2, 0) is 0 Å². The van der Waals surface area contributed by atoms with E-state index in [4.69, 9.17) is 0 Å². The van der Waals surface area contributed by atoms with Crippen LogP contribution in [0.25, 0.3) is 0 Å². The lowest BCUT2D eigenvalue weighted by Gasteiger charge is -2.39. The third-order valence-electron chi connectivity index (χ3n) is 3.42. The summed E-state index contributed by atoms with van der Waals surface area (Å²) in [5, 5.41) is 3.65. The number of hydrogen-bond donors (Lipinski definition) is 1. The summed E-state index contributed by atoms with van der Waals surface area (Å²) < 4.78 is 0. The number of likely N-dealkylation sites (N-methyl/N-ethyl adjacent to an activating group) is 1. The monoisotopic (exact) mass is 168 g/mol. The highest BCUT2D eigenvalue weighted by Gasteiger charge is 2.29. The predicted octanol–water partition coefficient (Wildman–Crippen LogP) is 1.22. The smallest absolute Gasteiger partial charge is 0.0246 e. The van der Waals surface area contributed by atoms with E-state index in [9.17, 15) is 0 Å². The first-order chi connectivity index (χ1) is 5.88. The highest BCUT2D eigenvalue weighted by Crippen LogP contribution is 2.23. The number of nitrogens with zero attached hydrogens (tertiary/aromatic N) is 1. The van der Waals surface area contributed by atoms with Gasteiger partial charge in [-0.2, -0.15) is 0 Å². The molecule has 2 rings (SSSR count). The fraction of sp³-hybridized carbons (Fsp3) is 1.00. The predicted molar refractivity (Wildman–Crippen MR) is 51.3 cm³/mol. The minimum atomic E-state index is 0.797. The number of nitrogens with one attached hydrogen (secondary N) is 1. The maximum atomic E-state index is 3.65. The first-order valence-electron chi connectivity index (χ1n) is 5.31. The van der Waals surface area contributed by atoms with Crippen molar-refractivity contribution in [2.75, 3.05) is 20.1 Å². The maximum absolute atomic E-state index is 3.65. The second kappa shape index (κ2) is 3.75. The fourth-order valence-corrected chi connectivity index (χ4v) is 2.65. The summed E-state index contributed by atoms with van der Waals surface area (Å²) >= 11 is 0. The average molecular weight is 168 g/mol. The van der Waals surface area contributed by atoms with E-state index in [2.05, 4.69) is 17.3 Å². The van der Waals surface area contributed by atoms with E-state index in [1.54, 1.807) is 0 Å². The molecule has 0 aromatic heterocycles. The molecular weight excluding hydrogens is 148 g/mol. The Labute approximate surface area is 75.3 Å². The minimum Gasteiger partial charge on any atom is -0.311 e. The molecule has 1 saturated carbocycles. The molecule has 1 heterocycles. The maximum Gasteiger partial charge on any atom is 0.0246 e. The van der Waals surface area contributed by atoms with Crippen LogP contribution in [0.2, 0.25) is 0 Å². The summed E-state index contributed by atoms with van der Waals surface area (Å²) in [6, 6.07) is 1.63. The average Bonchev–Trinajstić information content (AvgIpc) is 2.30. The van der Waals surface area contributed by atoms with Crippen LogP contribution in [0.1, 0.15) is 32.1 Å². The second-order valence-electron chi connectivity index (χ2n) is 4.25. The Balaban J connectivity index is 2.00. The number of rotatable bonds is 0. The molecule has 2 aliphatic rings. The van der Waals surface area contributed by atoms with Gasteiger partial charge < -0.3 is 10.2 Å². The Morgan fingerprint density at radius 3 is 2.92 bits per heavy atom. The van der Waals surface area contributed by atoms with Gasteiger partial charge in [-0.3, -0.25) is 0 Å². The van der Waals surface area contributed by atoms with Crippen molar-refractivity contribution in [3.05, 3.63) is 0 Å². The first-order valence-corrected chi connectivity index (χ1v) is 5.31. The Hall–Kier alpha value is -0.0800. The second-order valence-corrected chi connectivity index (χ2v) is 4.25. The van der Waals surface area contributed by atoms with E-state index in [-0.39, 0.29) is 0 Å². The van der Waals surface area contributed by atoms with Crippen LogP contribution in [0.4, 0.5) is 0 Å². The molecule has 70 valence electrons. The Morgan fingerprint density at radius 2 is 2.00 bits per heavy atom. The largest absolute Gasteiger partial charge is 0.311 e. The third kappa shape index (κ3) is 1.64. The van der Waals surface area contributed by atoms with Crippen molar-refractivity contribution in [1.29, 1.82) is 0 Å². The van der Waals surface area contributed by atoms with E-state index in [1.165, 1.54) is 45.2 Å². The summed E-state index contributed by atoms with van der Waals surface area (Å²) in [6.45, 7) is 2.43. The molecule has 1 saturated heterocycles. The zero-order valence-corrected chi connectivity index (χ0v) is 8.05. The topological polar surface area (TPSA) is 15.3 Å². The molecule has 2 atom stereocenters. The van der Waals surface area contributed by atoms with Crippen LogP contribution in [0.15, 0.2) is 0 Å². The van der Waals surface area contributed by atoms with E-state index < -0.39 is 0 Å². The van der Waals surface area contributed by atoms with Crippen molar-refractivity contribution in [2.24, 2.45) is 0 Å². The molecule has 0 aromatic carbocycles. The fourth-order valence-electron chi connectivity index (χ4n) is 2.65. The van der Waals surface area contributed by atoms with Crippen LogP contribution in [-0.4, -0.2) is 37.1 Å². The standard InChI is InChI=1S/C10H20N2/c1-12-8-7-11-9-5-3-2-4-6-10(9)12/h9-11H,2-8H2,1H3. The van der Waals surface area contributed by atoms with E-state index in [0.717, 1.165) is 12.1 Å². The van der Waals surface area contributed by atoms with E-state index in [0.29, 0.717) is 0 Å². The summed E-state index contributed by atoms with van der Waals surface area (Å²) in [5.41, 5.74) is 0. The molecule has 0 spiro atoms. The van der Waals surface area contributed by atoms with Crippen molar-refractivity contribution in [3.8, 4) is 0 Å². The Bertz CT molecular complexity index is 147. The Kier molecular flexibility index (Phi) is 2.66. The van der Waals surface area contributed by atoms with Gasteiger partial charge in [0, 0.05) is 25.2 Å². The SMILES string of the molecule is CN1CCNC2CCCCCC21. The van der Waals surface area contributed by atoms with Crippen LogP contribution in [0, 0.1) is 0 Å². The van der Waals surface area contributed by atoms with Gasteiger partial charge in [-0.1, -0.05) is 19.3 Å². The van der Waals surface area contributed by atoms with Gasteiger partial charge in [-0.25, -0.2) is 0 Å². The van der Waals surface area contributed by atoms with Gasteiger partial charge in [0.25, 0.3) is 0 Å². The molecule has 0 amide bonds. The van der Waals surface area contributed by atoms with Crippen molar-refractivity contribution >= 4 is 0 Å². The normalized spacial score (nSPS) is 38.8. The molecule has 2 nitrogen and oxygen atoms in total. The van der Waals surface area contributed by atoms with Gasteiger partial charge in [0.05, 0.1) is 0 Å². The lowest BCUT2D eigenvalue weighted by atomic mass is 9.99. The van der Waals surface area contributed by atoms with Crippen molar-refractivity contribution in [3.63, 3.8) is 0 Å². The molecule has 1 aliphatic carbocycles. The molecule has 2 fully saturated rings. The number of hydrogen-bond acceptors (Lipinski definition) is 2. The first kappa shape index (κ1) is 8.52. The molecule has 2 unspecified atom stereocenters. The van der Waals surface area contributed by atoms with Crippen LogP contribution in [0.5, 0.6) is 0 Å². The Morgan fingerprint density at radius 1 is 1.17 bits per heavy atom. The molecule has 1 N–H and O–H groups in total. The lowest BCUT2D eigenvalue weighted by molar-refractivity contribution is 0.143. The third-order valence-corrected chi connectivity index (χ3v) is 3.42. The van der Waals surface area contributed by atoms with Gasteiger partial charge in [0.2, 0.25) is 0 Å². The lowest BCUT2D eigenvalue weighted by Crippen LogP contribution is -2.55. The van der Waals surface area contributed by atoms with Crippen LogP contribution >= 0.6 is 0 Å². The highest BCUT2D eigenvalue weighted by atomic mass is 15.2. The van der Waals surface area contributed by atoms with Crippen molar-refractivity contribution in [2.45, 2.75) is 44.2 Å². The summed E-state index contributed by atoms with van der Waals surface area (Å²) in [7, 11) is 2.28. The van der Waals surface area contributed by atoms with E-state index >= 15 is 0 Å². The van der Waals surface area contributed by atoms with Gasteiger partial charge in [0.1, 0.15) is 0 Å². The molecule has 0 radical (unpaired) electrons. The number of piperazine rings is 1. The molecule has 0 bridgehead atoms. The van der Waals surface area contributed by atoms with Gasteiger partial charge in [-0.15, -0.1) is 0 Å². The molecule has 1 aliphatic heterocycles. The molecule has 2 heteroatoms. The van der Waals surface area contributed by atoms with Gasteiger partial charge in [0.15, 0.2) is 0 Å². The zero-order valence-electron chi connectivity index (χ0n) is 8.05. The number of fused-ring (bicyclic) bond motifs is 1. The zero-order chi connectivity index (χ0) is 8.39. The van der Waals surface area contributed by atoms with Gasteiger partial charge >= 0.3 is 0 Å². The summed E-state index contributed by atoms with van der Waals surface area (Å²) in [5.74, 6) is 0. The quantitative estimate of drug-likeness (QED) is 0.585. The molecular formula is C10H20N2. The molecule has 12 heavy (non-hydrogen) atoms. The summed E-state index contributed by atoms with van der Waals surface area (Å²) in [4.78, 5) is 2.55.